The molecule has 0 radical (unpaired) electrons. The summed E-state index contributed by atoms with van der Waals surface area (Å²) in [5.74, 6) is 2.62. The molecule has 3 heterocycles. The lowest BCUT2D eigenvalue weighted by Crippen LogP contribution is -2.21. The van der Waals surface area contributed by atoms with E-state index in [4.69, 9.17) is 4.74 Å². The molecule has 0 bridgehead atoms. The molecule has 2 aliphatic rings. The van der Waals surface area contributed by atoms with Crippen molar-refractivity contribution in [1.29, 1.82) is 0 Å². The Morgan fingerprint density at radius 1 is 1.47 bits per heavy atom. The number of aromatic nitrogens is 2. The summed E-state index contributed by atoms with van der Waals surface area (Å²) in [6, 6.07) is 0. The lowest BCUT2D eigenvalue weighted by Gasteiger charge is -2.23. The Bertz CT molecular complexity index is 353. The number of imidazole rings is 1. The second-order valence-corrected chi connectivity index (χ2v) is 4.92. The molecule has 15 heavy (non-hydrogen) atoms. The van der Waals surface area contributed by atoms with Crippen molar-refractivity contribution in [2.45, 2.75) is 38.6 Å². The summed E-state index contributed by atoms with van der Waals surface area (Å²) in [5.41, 5.74) is 1.43. The zero-order chi connectivity index (χ0) is 10.3. The van der Waals surface area contributed by atoms with Crippen LogP contribution in [0.1, 0.15) is 37.2 Å². The molecule has 0 N–H and O–H groups in total. The van der Waals surface area contributed by atoms with Crippen LogP contribution in [0.2, 0.25) is 0 Å². The summed E-state index contributed by atoms with van der Waals surface area (Å²) in [4.78, 5) is 4.60. The van der Waals surface area contributed by atoms with E-state index >= 15 is 0 Å². The summed E-state index contributed by atoms with van der Waals surface area (Å²) < 4.78 is 7.88. The molecule has 0 aromatic carbocycles. The van der Waals surface area contributed by atoms with Crippen molar-refractivity contribution in [3.8, 4) is 0 Å². The van der Waals surface area contributed by atoms with Crippen molar-refractivity contribution < 1.29 is 4.74 Å². The molecular formula is C12H18N2O. The number of fused-ring (bicyclic) bond motifs is 1. The maximum atomic E-state index is 5.45. The monoisotopic (exact) mass is 206 g/mol. The molecule has 3 nitrogen and oxygen atoms in total. The first kappa shape index (κ1) is 9.40. The Morgan fingerprint density at radius 3 is 3.20 bits per heavy atom. The van der Waals surface area contributed by atoms with Crippen LogP contribution in [0.4, 0.5) is 0 Å². The van der Waals surface area contributed by atoms with Gasteiger partial charge in [0.15, 0.2) is 0 Å². The first-order valence-corrected chi connectivity index (χ1v) is 5.96. The summed E-state index contributed by atoms with van der Waals surface area (Å²) in [5, 5.41) is 0. The molecule has 1 fully saturated rings. The summed E-state index contributed by atoms with van der Waals surface area (Å²) in [6.45, 7) is 5.26. The van der Waals surface area contributed by atoms with E-state index in [-0.39, 0.29) is 0 Å². The van der Waals surface area contributed by atoms with Crippen LogP contribution in [0.15, 0.2) is 6.20 Å². The molecule has 2 unspecified atom stereocenters. The molecule has 1 saturated heterocycles. The smallest absolute Gasteiger partial charge is 0.114 e. The van der Waals surface area contributed by atoms with Crippen molar-refractivity contribution in [3.63, 3.8) is 0 Å². The van der Waals surface area contributed by atoms with Gasteiger partial charge < -0.3 is 9.30 Å². The maximum absolute atomic E-state index is 5.45. The topological polar surface area (TPSA) is 27.1 Å². The lowest BCUT2D eigenvalue weighted by atomic mass is 9.99. The molecule has 82 valence electrons. The van der Waals surface area contributed by atoms with E-state index in [0.717, 1.165) is 32.1 Å². The van der Waals surface area contributed by atoms with Crippen molar-refractivity contribution >= 4 is 0 Å². The Hall–Kier alpha value is -0.830. The van der Waals surface area contributed by atoms with Gasteiger partial charge in [-0.1, -0.05) is 6.92 Å². The maximum Gasteiger partial charge on any atom is 0.114 e. The van der Waals surface area contributed by atoms with E-state index in [1.54, 1.807) is 0 Å². The average molecular weight is 206 g/mol. The first-order valence-electron chi connectivity index (χ1n) is 5.96. The number of rotatable bonds is 1. The third-order valence-corrected chi connectivity index (χ3v) is 3.65. The van der Waals surface area contributed by atoms with Gasteiger partial charge >= 0.3 is 0 Å². The van der Waals surface area contributed by atoms with E-state index in [9.17, 15) is 0 Å². The van der Waals surface area contributed by atoms with Crippen LogP contribution in [0.25, 0.3) is 0 Å². The van der Waals surface area contributed by atoms with E-state index in [0.29, 0.717) is 5.92 Å². The number of hydrogen-bond acceptors (Lipinski definition) is 2. The highest BCUT2D eigenvalue weighted by Gasteiger charge is 2.26. The first-order chi connectivity index (χ1) is 7.34. The van der Waals surface area contributed by atoms with Gasteiger partial charge in [-0.25, -0.2) is 4.98 Å². The Kier molecular flexibility index (Phi) is 2.28. The largest absolute Gasteiger partial charge is 0.381 e. The average Bonchev–Trinajstić information content (AvgIpc) is 2.83. The van der Waals surface area contributed by atoms with Crippen LogP contribution in [0, 0.1) is 5.92 Å². The van der Waals surface area contributed by atoms with Crippen LogP contribution in [-0.2, 0) is 17.7 Å². The van der Waals surface area contributed by atoms with Crippen molar-refractivity contribution in [2.75, 3.05) is 13.2 Å². The molecule has 0 aliphatic carbocycles. The molecule has 1 aromatic rings. The van der Waals surface area contributed by atoms with Crippen LogP contribution in [0.5, 0.6) is 0 Å². The van der Waals surface area contributed by atoms with E-state index < -0.39 is 0 Å². The zero-order valence-corrected chi connectivity index (χ0v) is 9.28. The molecule has 0 amide bonds. The van der Waals surface area contributed by atoms with Gasteiger partial charge in [-0.05, 0) is 25.2 Å². The summed E-state index contributed by atoms with van der Waals surface area (Å²) in [7, 11) is 0. The normalized spacial score (nSPS) is 30.5. The Morgan fingerprint density at radius 2 is 2.40 bits per heavy atom. The predicted molar refractivity (Wildman–Crippen MR) is 57.9 cm³/mol. The quantitative estimate of drug-likeness (QED) is 0.702. The third-order valence-electron chi connectivity index (χ3n) is 3.65. The van der Waals surface area contributed by atoms with E-state index in [1.807, 2.05) is 0 Å². The van der Waals surface area contributed by atoms with Gasteiger partial charge in [-0.2, -0.15) is 0 Å². The third kappa shape index (κ3) is 1.59. The van der Waals surface area contributed by atoms with Crippen LogP contribution >= 0.6 is 0 Å². The van der Waals surface area contributed by atoms with Crippen molar-refractivity contribution in [2.24, 2.45) is 5.92 Å². The molecule has 2 atom stereocenters. The number of nitrogens with zero attached hydrogens (tertiary/aromatic N) is 2. The molecule has 0 spiro atoms. The molecule has 0 saturated carbocycles. The number of aryl methyl sites for hydroxylation is 1. The highest BCUT2D eigenvalue weighted by Crippen LogP contribution is 2.29. The SMILES string of the molecule is CC1CCc2cnc(C3CCOC3)n2C1. The van der Waals surface area contributed by atoms with Crippen LogP contribution in [0.3, 0.4) is 0 Å². The standard InChI is InChI=1S/C12H18N2O/c1-9-2-3-11-6-13-12(14(11)7-9)10-4-5-15-8-10/h6,9-10H,2-5,7-8H2,1H3. The minimum Gasteiger partial charge on any atom is -0.381 e. The van der Waals surface area contributed by atoms with Gasteiger partial charge in [-0.15, -0.1) is 0 Å². The van der Waals surface area contributed by atoms with Gasteiger partial charge in [0.1, 0.15) is 5.82 Å². The fourth-order valence-corrected chi connectivity index (χ4v) is 2.70. The molecule has 3 heteroatoms. The minimum absolute atomic E-state index is 0.545. The molecule has 2 aliphatic heterocycles. The molecule has 3 rings (SSSR count). The highest BCUT2D eigenvalue weighted by atomic mass is 16.5. The Labute approximate surface area is 90.5 Å². The van der Waals surface area contributed by atoms with Crippen molar-refractivity contribution in [1.82, 2.24) is 9.55 Å². The zero-order valence-electron chi connectivity index (χ0n) is 9.28. The number of ether oxygens (including phenoxy) is 1. The Balaban J connectivity index is 1.92. The second-order valence-electron chi connectivity index (χ2n) is 4.92. The molecular weight excluding hydrogens is 188 g/mol. The predicted octanol–water partition coefficient (Wildman–Crippen LogP) is 1.97. The number of hydrogen-bond donors (Lipinski definition) is 0. The molecule has 1 aromatic heterocycles. The van der Waals surface area contributed by atoms with Crippen molar-refractivity contribution in [3.05, 3.63) is 17.7 Å². The van der Waals surface area contributed by atoms with Crippen LogP contribution < -0.4 is 0 Å². The highest BCUT2D eigenvalue weighted by molar-refractivity contribution is 5.12. The van der Waals surface area contributed by atoms with Gasteiger partial charge in [0.05, 0.1) is 6.61 Å². The lowest BCUT2D eigenvalue weighted by molar-refractivity contribution is 0.192. The van der Waals surface area contributed by atoms with Gasteiger partial charge in [0.2, 0.25) is 0 Å². The fraction of sp³-hybridized carbons (Fsp3) is 0.750. The van der Waals surface area contributed by atoms with Crippen LogP contribution in [-0.4, -0.2) is 22.8 Å². The van der Waals surface area contributed by atoms with Gasteiger partial charge in [0, 0.05) is 31.0 Å². The summed E-state index contributed by atoms with van der Waals surface area (Å²) in [6.07, 6.45) is 5.72. The summed E-state index contributed by atoms with van der Waals surface area (Å²) >= 11 is 0. The van der Waals surface area contributed by atoms with E-state index in [1.165, 1.54) is 24.4 Å². The second kappa shape index (κ2) is 3.63. The van der Waals surface area contributed by atoms with Gasteiger partial charge in [-0.3, -0.25) is 0 Å². The fourth-order valence-electron chi connectivity index (χ4n) is 2.70. The minimum atomic E-state index is 0.545. The van der Waals surface area contributed by atoms with Gasteiger partial charge in [0.25, 0.3) is 0 Å². The van der Waals surface area contributed by atoms with E-state index in [2.05, 4.69) is 22.7 Å².